The Balaban J connectivity index is 1.18. The number of fused-ring (bicyclic) bond motifs is 4. The van der Waals surface area contributed by atoms with Crippen LogP contribution in [0.5, 0.6) is 17.2 Å². The number of anilines is 2. The summed E-state index contributed by atoms with van der Waals surface area (Å²) >= 11 is 0. The number of nitrogens with one attached hydrogen (secondary N) is 1. The molecule has 8 heteroatoms. The van der Waals surface area contributed by atoms with Gasteiger partial charge in [-0.2, -0.15) is 0 Å². The van der Waals surface area contributed by atoms with Gasteiger partial charge in [0.1, 0.15) is 18.2 Å². The Morgan fingerprint density at radius 2 is 1.88 bits per heavy atom. The summed E-state index contributed by atoms with van der Waals surface area (Å²) in [6.07, 6.45) is -0.709. The molecule has 4 aromatic rings. The molecule has 0 saturated heterocycles. The van der Waals surface area contributed by atoms with E-state index in [1.165, 1.54) is 0 Å². The summed E-state index contributed by atoms with van der Waals surface area (Å²) in [6.45, 7) is 2.63. The van der Waals surface area contributed by atoms with E-state index in [0.717, 1.165) is 47.9 Å². The number of methoxy groups -OCH3 is 1. The van der Waals surface area contributed by atoms with E-state index >= 15 is 0 Å². The van der Waals surface area contributed by atoms with Crippen LogP contribution < -0.4 is 24.4 Å². The predicted molar refractivity (Wildman–Crippen MR) is 129 cm³/mol. The lowest BCUT2D eigenvalue weighted by Crippen LogP contribution is -2.40. The SMILES string of the molecule is COc1ccc(N2CCn3c(nc4cc(NC(=O)C5COc6ccccc6O5)ccc43)C2)cc1. The van der Waals surface area contributed by atoms with Crippen LogP contribution in [0.3, 0.4) is 0 Å². The number of amides is 1. The van der Waals surface area contributed by atoms with Crippen LogP contribution in [0.1, 0.15) is 5.82 Å². The Morgan fingerprint density at radius 3 is 2.71 bits per heavy atom. The zero-order valence-electron chi connectivity index (χ0n) is 18.7. The lowest BCUT2D eigenvalue weighted by atomic mass is 10.2. The quantitative estimate of drug-likeness (QED) is 0.503. The number of carbonyl (C=O) groups is 1. The van der Waals surface area contributed by atoms with Gasteiger partial charge in [0.15, 0.2) is 11.5 Å². The van der Waals surface area contributed by atoms with Gasteiger partial charge in [0.25, 0.3) is 5.91 Å². The zero-order valence-corrected chi connectivity index (χ0v) is 18.7. The van der Waals surface area contributed by atoms with Crippen molar-refractivity contribution < 1.29 is 19.0 Å². The number of rotatable bonds is 4. The van der Waals surface area contributed by atoms with Crippen molar-refractivity contribution in [3.8, 4) is 17.2 Å². The summed E-state index contributed by atoms with van der Waals surface area (Å²) in [4.78, 5) is 20.0. The third-order valence-corrected chi connectivity index (χ3v) is 6.26. The molecule has 2 aliphatic rings. The van der Waals surface area contributed by atoms with Crippen molar-refractivity contribution in [2.45, 2.75) is 19.2 Å². The summed E-state index contributed by atoms with van der Waals surface area (Å²) in [5.41, 5.74) is 3.75. The van der Waals surface area contributed by atoms with Gasteiger partial charge >= 0.3 is 0 Å². The minimum Gasteiger partial charge on any atom is -0.497 e. The first-order chi connectivity index (χ1) is 16.7. The molecule has 1 aromatic heterocycles. The highest BCUT2D eigenvalue weighted by atomic mass is 16.6. The Morgan fingerprint density at radius 1 is 1.06 bits per heavy atom. The van der Waals surface area contributed by atoms with Crippen LogP contribution in [0.15, 0.2) is 66.7 Å². The van der Waals surface area contributed by atoms with E-state index in [1.54, 1.807) is 13.2 Å². The monoisotopic (exact) mass is 456 g/mol. The van der Waals surface area contributed by atoms with Crippen LogP contribution in [0.4, 0.5) is 11.4 Å². The van der Waals surface area contributed by atoms with Crippen molar-refractivity contribution in [1.82, 2.24) is 9.55 Å². The molecule has 1 N–H and O–H groups in total. The summed E-state index contributed by atoms with van der Waals surface area (Å²) in [5, 5.41) is 2.94. The summed E-state index contributed by atoms with van der Waals surface area (Å²) < 4.78 is 19.0. The second-order valence-corrected chi connectivity index (χ2v) is 8.36. The molecule has 8 nitrogen and oxygen atoms in total. The number of nitrogens with zero attached hydrogens (tertiary/aromatic N) is 3. The highest BCUT2D eigenvalue weighted by Crippen LogP contribution is 2.32. The number of benzene rings is 3. The number of carbonyl (C=O) groups excluding carboxylic acids is 1. The van der Waals surface area contributed by atoms with Gasteiger partial charge in [0.05, 0.1) is 24.7 Å². The lowest BCUT2D eigenvalue weighted by Gasteiger charge is -2.30. The maximum absolute atomic E-state index is 12.8. The normalized spacial score (nSPS) is 16.7. The zero-order chi connectivity index (χ0) is 23.1. The van der Waals surface area contributed by atoms with Crippen molar-refractivity contribution in [1.29, 1.82) is 0 Å². The topological polar surface area (TPSA) is 77.9 Å². The molecule has 0 fully saturated rings. The van der Waals surface area contributed by atoms with E-state index in [-0.39, 0.29) is 12.5 Å². The summed E-state index contributed by atoms with van der Waals surface area (Å²) in [7, 11) is 1.67. The molecule has 0 spiro atoms. The number of para-hydroxylation sites is 2. The highest BCUT2D eigenvalue weighted by molar-refractivity contribution is 5.96. The van der Waals surface area contributed by atoms with Gasteiger partial charge in [0.2, 0.25) is 6.10 Å². The molecule has 3 heterocycles. The van der Waals surface area contributed by atoms with Crippen LogP contribution in [0.25, 0.3) is 11.0 Å². The molecular formula is C26H24N4O4. The number of imidazole rings is 1. The highest BCUT2D eigenvalue weighted by Gasteiger charge is 2.27. The average Bonchev–Trinajstić information content (AvgIpc) is 3.25. The van der Waals surface area contributed by atoms with E-state index in [1.807, 2.05) is 48.5 Å². The van der Waals surface area contributed by atoms with Gasteiger partial charge < -0.3 is 29.0 Å². The van der Waals surface area contributed by atoms with Crippen LogP contribution in [0, 0.1) is 0 Å². The molecule has 0 bridgehead atoms. The standard InChI is InChI=1S/C26H24N4O4/c1-32-19-9-7-18(8-10-19)29-12-13-30-21-11-6-17(14-20(21)28-25(30)15-29)27-26(31)24-16-33-22-4-2-3-5-23(22)34-24/h2-11,14,24H,12-13,15-16H2,1H3,(H,27,31). The molecule has 172 valence electrons. The molecule has 0 saturated carbocycles. The largest absolute Gasteiger partial charge is 0.497 e. The molecule has 3 aromatic carbocycles. The first-order valence-electron chi connectivity index (χ1n) is 11.3. The predicted octanol–water partition coefficient (Wildman–Crippen LogP) is 3.84. The van der Waals surface area contributed by atoms with Crippen molar-refractivity contribution in [2.75, 3.05) is 30.5 Å². The number of ether oxygens (including phenoxy) is 3. The average molecular weight is 457 g/mol. The minimum absolute atomic E-state index is 0.172. The van der Waals surface area contributed by atoms with E-state index in [4.69, 9.17) is 19.2 Å². The molecular weight excluding hydrogens is 432 g/mol. The first-order valence-corrected chi connectivity index (χ1v) is 11.3. The van der Waals surface area contributed by atoms with Crippen LogP contribution >= 0.6 is 0 Å². The number of hydrogen-bond donors (Lipinski definition) is 1. The lowest BCUT2D eigenvalue weighted by molar-refractivity contribution is -0.125. The first kappa shape index (κ1) is 20.4. The molecule has 2 aliphatic heterocycles. The second-order valence-electron chi connectivity index (χ2n) is 8.36. The smallest absolute Gasteiger partial charge is 0.269 e. The van der Waals surface area contributed by atoms with Gasteiger partial charge in [-0.15, -0.1) is 0 Å². The Kier molecular flexibility index (Phi) is 4.98. The van der Waals surface area contributed by atoms with Crippen molar-refractivity contribution in [2.24, 2.45) is 0 Å². The summed E-state index contributed by atoms with van der Waals surface area (Å²) in [6, 6.07) is 21.3. The second kappa shape index (κ2) is 8.30. The Hall–Kier alpha value is -4.20. The fraction of sp³-hybridized carbons (Fsp3) is 0.231. The van der Waals surface area contributed by atoms with Crippen LogP contribution in [-0.4, -0.2) is 41.8 Å². The fourth-order valence-corrected chi connectivity index (χ4v) is 4.48. The van der Waals surface area contributed by atoms with Crippen LogP contribution in [-0.2, 0) is 17.9 Å². The van der Waals surface area contributed by atoms with E-state index in [2.05, 4.69) is 26.9 Å². The van der Waals surface area contributed by atoms with E-state index < -0.39 is 6.10 Å². The van der Waals surface area contributed by atoms with Gasteiger partial charge in [-0.25, -0.2) is 4.98 Å². The van der Waals surface area contributed by atoms with Crippen LogP contribution in [0.2, 0.25) is 0 Å². The third-order valence-electron chi connectivity index (χ3n) is 6.26. The molecule has 0 aliphatic carbocycles. The maximum atomic E-state index is 12.8. The summed E-state index contributed by atoms with van der Waals surface area (Å²) in [5.74, 6) is 2.83. The molecule has 6 rings (SSSR count). The van der Waals surface area contributed by atoms with Gasteiger partial charge in [-0.3, -0.25) is 4.79 Å². The van der Waals surface area contributed by atoms with E-state index in [0.29, 0.717) is 17.2 Å². The van der Waals surface area contributed by atoms with Crippen molar-refractivity contribution >= 4 is 28.3 Å². The Bertz CT molecular complexity index is 1370. The molecule has 34 heavy (non-hydrogen) atoms. The number of hydrogen-bond acceptors (Lipinski definition) is 6. The van der Waals surface area contributed by atoms with Gasteiger partial charge in [-0.05, 0) is 54.6 Å². The molecule has 1 amide bonds. The van der Waals surface area contributed by atoms with Gasteiger partial charge in [-0.1, -0.05) is 12.1 Å². The third kappa shape index (κ3) is 3.67. The fourth-order valence-electron chi connectivity index (χ4n) is 4.48. The maximum Gasteiger partial charge on any atom is 0.269 e. The molecule has 1 atom stereocenters. The Labute approximate surface area is 196 Å². The molecule has 0 radical (unpaired) electrons. The minimum atomic E-state index is -0.709. The molecule has 1 unspecified atom stereocenters. The van der Waals surface area contributed by atoms with E-state index in [9.17, 15) is 4.79 Å². The number of aromatic nitrogens is 2. The van der Waals surface area contributed by atoms with Gasteiger partial charge in [0, 0.05) is 24.5 Å². The van der Waals surface area contributed by atoms with Crippen molar-refractivity contribution in [3.63, 3.8) is 0 Å². The van der Waals surface area contributed by atoms with Crippen molar-refractivity contribution in [3.05, 3.63) is 72.6 Å².